The van der Waals surface area contributed by atoms with Crippen molar-refractivity contribution in [1.82, 2.24) is 4.98 Å². The van der Waals surface area contributed by atoms with Crippen molar-refractivity contribution in [3.63, 3.8) is 0 Å². The summed E-state index contributed by atoms with van der Waals surface area (Å²) in [5.74, 6) is 0.562. The maximum atomic E-state index is 12.5. The highest BCUT2D eigenvalue weighted by atomic mass is 16.2. The SMILES string of the molecule is O=C1[C@H]2CCCCC[C@H]2N1c1cccc2cccnc12. The number of anilines is 1. The molecule has 1 saturated heterocycles. The molecule has 2 fully saturated rings. The molecule has 2 aromatic rings. The molecule has 1 aromatic carbocycles. The van der Waals surface area contributed by atoms with Crippen LogP contribution in [0.25, 0.3) is 10.9 Å². The average molecular weight is 266 g/mol. The van der Waals surface area contributed by atoms with Gasteiger partial charge in [0.25, 0.3) is 0 Å². The minimum Gasteiger partial charge on any atom is -0.306 e. The summed E-state index contributed by atoms with van der Waals surface area (Å²) in [6, 6.07) is 10.5. The van der Waals surface area contributed by atoms with Crippen LogP contribution in [0.3, 0.4) is 0 Å². The average Bonchev–Trinajstić information content (AvgIpc) is 2.70. The molecule has 102 valence electrons. The van der Waals surface area contributed by atoms with Gasteiger partial charge in [0.05, 0.1) is 17.1 Å². The van der Waals surface area contributed by atoms with Crippen LogP contribution in [0, 0.1) is 5.92 Å². The second-order valence-corrected chi connectivity index (χ2v) is 5.87. The van der Waals surface area contributed by atoms with E-state index in [1.165, 1.54) is 19.3 Å². The normalized spacial score (nSPS) is 26.0. The fraction of sp³-hybridized carbons (Fsp3) is 0.412. The van der Waals surface area contributed by atoms with Gasteiger partial charge in [-0.3, -0.25) is 9.78 Å². The van der Waals surface area contributed by atoms with Crippen LogP contribution in [0.1, 0.15) is 32.1 Å². The molecule has 0 spiro atoms. The van der Waals surface area contributed by atoms with Gasteiger partial charge in [-0.05, 0) is 25.0 Å². The van der Waals surface area contributed by atoms with Crippen molar-refractivity contribution in [2.24, 2.45) is 5.92 Å². The molecule has 2 aliphatic rings. The van der Waals surface area contributed by atoms with Crippen LogP contribution in [-0.4, -0.2) is 16.9 Å². The Kier molecular flexibility index (Phi) is 2.72. The van der Waals surface area contributed by atoms with Gasteiger partial charge in [-0.2, -0.15) is 0 Å². The highest BCUT2D eigenvalue weighted by Gasteiger charge is 2.48. The lowest BCUT2D eigenvalue weighted by molar-refractivity contribution is -0.130. The van der Waals surface area contributed by atoms with E-state index in [0.717, 1.165) is 29.4 Å². The molecule has 1 amide bonds. The number of benzene rings is 1. The van der Waals surface area contributed by atoms with E-state index in [0.29, 0.717) is 11.9 Å². The molecule has 0 radical (unpaired) electrons. The van der Waals surface area contributed by atoms with E-state index in [4.69, 9.17) is 0 Å². The molecule has 2 atom stereocenters. The number of carbonyl (C=O) groups excluding carboxylic acids is 1. The number of nitrogens with zero attached hydrogens (tertiary/aromatic N) is 2. The first-order valence-electron chi connectivity index (χ1n) is 7.53. The van der Waals surface area contributed by atoms with Crippen molar-refractivity contribution < 1.29 is 4.79 Å². The fourth-order valence-electron chi connectivity index (χ4n) is 3.72. The Balaban J connectivity index is 1.78. The van der Waals surface area contributed by atoms with E-state index in [9.17, 15) is 4.79 Å². The maximum absolute atomic E-state index is 12.5. The fourth-order valence-corrected chi connectivity index (χ4v) is 3.72. The summed E-state index contributed by atoms with van der Waals surface area (Å²) in [5, 5.41) is 1.11. The largest absolute Gasteiger partial charge is 0.306 e. The first-order valence-corrected chi connectivity index (χ1v) is 7.53. The highest BCUT2D eigenvalue weighted by Crippen LogP contribution is 2.42. The predicted molar refractivity (Wildman–Crippen MR) is 79.6 cm³/mol. The number of amides is 1. The molecule has 0 bridgehead atoms. The monoisotopic (exact) mass is 266 g/mol. The van der Waals surface area contributed by atoms with Gasteiger partial charge in [-0.25, -0.2) is 0 Å². The number of pyridine rings is 1. The lowest BCUT2D eigenvalue weighted by Gasteiger charge is -2.46. The van der Waals surface area contributed by atoms with Gasteiger partial charge in [0, 0.05) is 17.6 Å². The lowest BCUT2D eigenvalue weighted by atomic mass is 9.83. The highest BCUT2D eigenvalue weighted by molar-refractivity contribution is 6.08. The molecule has 1 aromatic heterocycles. The van der Waals surface area contributed by atoms with Crippen LogP contribution in [0.15, 0.2) is 36.5 Å². The second-order valence-electron chi connectivity index (χ2n) is 5.87. The summed E-state index contributed by atoms with van der Waals surface area (Å²) in [5.41, 5.74) is 1.95. The zero-order chi connectivity index (χ0) is 13.5. The molecule has 20 heavy (non-hydrogen) atoms. The van der Waals surface area contributed by atoms with E-state index in [1.54, 1.807) is 6.20 Å². The van der Waals surface area contributed by atoms with Crippen LogP contribution >= 0.6 is 0 Å². The Labute approximate surface area is 118 Å². The number of carbonyl (C=O) groups is 1. The lowest BCUT2D eigenvalue weighted by Crippen LogP contribution is -2.60. The maximum Gasteiger partial charge on any atom is 0.232 e. The van der Waals surface area contributed by atoms with Gasteiger partial charge >= 0.3 is 0 Å². The van der Waals surface area contributed by atoms with Gasteiger partial charge in [0.2, 0.25) is 5.91 Å². The van der Waals surface area contributed by atoms with Crippen LogP contribution < -0.4 is 4.90 Å². The van der Waals surface area contributed by atoms with Crippen molar-refractivity contribution in [3.8, 4) is 0 Å². The molecule has 4 rings (SSSR count). The summed E-state index contributed by atoms with van der Waals surface area (Å²) >= 11 is 0. The Morgan fingerprint density at radius 1 is 1.05 bits per heavy atom. The molecular formula is C17H18N2O. The summed E-state index contributed by atoms with van der Waals surface area (Å²) < 4.78 is 0. The quantitative estimate of drug-likeness (QED) is 0.740. The molecule has 3 nitrogen and oxygen atoms in total. The van der Waals surface area contributed by atoms with Gasteiger partial charge in [0.1, 0.15) is 0 Å². The summed E-state index contributed by atoms with van der Waals surface area (Å²) in [7, 11) is 0. The third kappa shape index (κ3) is 1.65. The Morgan fingerprint density at radius 3 is 2.85 bits per heavy atom. The minimum atomic E-state index is 0.261. The smallest absolute Gasteiger partial charge is 0.232 e. The van der Waals surface area contributed by atoms with E-state index in [2.05, 4.69) is 17.1 Å². The second kappa shape index (κ2) is 4.58. The Morgan fingerprint density at radius 2 is 1.90 bits per heavy atom. The molecule has 0 unspecified atom stereocenters. The molecule has 1 aliphatic carbocycles. The molecule has 2 heterocycles. The van der Waals surface area contributed by atoms with Crippen molar-refractivity contribution in [2.45, 2.75) is 38.1 Å². The van der Waals surface area contributed by atoms with E-state index in [1.807, 2.05) is 23.1 Å². The summed E-state index contributed by atoms with van der Waals surface area (Å²) in [6.07, 6.45) is 7.72. The zero-order valence-corrected chi connectivity index (χ0v) is 11.5. The minimum absolute atomic E-state index is 0.261. The first-order chi connectivity index (χ1) is 9.86. The first kappa shape index (κ1) is 11.9. The van der Waals surface area contributed by atoms with E-state index >= 15 is 0 Å². The number of rotatable bonds is 1. The van der Waals surface area contributed by atoms with Crippen molar-refractivity contribution in [1.29, 1.82) is 0 Å². The van der Waals surface area contributed by atoms with Crippen LogP contribution in [0.5, 0.6) is 0 Å². The van der Waals surface area contributed by atoms with Gasteiger partial charge in [-0.15, -0.1) is 0 Å². The van der Waals surface area contributed by atoms with E-state index in [-0.39, 0.29) is 5.92 Å². The molecule has 0 N–H and O–H groups in total. The number of hydrogen-bond donors (Lipinski definition) is 0. The topological polar surface area (TPSA) is 33.2 Å². The molecule has 3 heteroatoms. The van der Waals surface area contributed by atoms with Gasteiger partial charge in [-0.1, -0.05) is 37.5 Å². The van der Waals surface area contributed by atoms with Gasteiger partial charge < -0.3 is 4.90 Å². The third-order valence-electron chi connectivity index (χ3n) is 4.74. The Bertz CT molecular complexity index is 662. The van der Waals surface area contributed by atoms with Crippen molar-refractivity contribution >= 4 is 22.5 Å². The van der Waals surface area contributed by atoms with Crippen molar-refractivity contribution in [2.75, 3.05) is 4.90 Å². The number of fused-ring (bicyclic) bond motifs is 2. The van der Waals surface area contributed by atoms with Crippen LogP contribution in [0.4, 0.5) is 5.69 Å². The zero-order valence-electron chi connectivity index (χ0n) is 11.5. The standard InChI is InChI=1S/C17H18N2O/c20-17-13-8-2-1-3-9-14(13)19(17)15-10-4-6-12-7-5-11-18-16(12)15/h4-7,10-11,13-14H,1-3,8-9H2/t13-,14+/m0/s1. The Hall–Kier alpha value is -1.90. The van der Waals surface area contributed by atoms with Crippen LogP contribution in [-0.2, 0) is 4.79 Å². The molecular weight excluding hydrogens is 248 g/mol. The van der Waals surface area contributed by atoms with E-state index < -0.39 is 0 Å². The number of hydrogen-bond acceptors (Lipinski definition) is 2. The molecule has 1 saturated carbocycles. The summed E-state index contributed by atoms with van der Waals surface area (Å²) in [4.78, 5) is 19.0. The van der Waals surface area contributed by atoms with Gasteiger partial charge in [0.15, 0.2) is 0 Å². The number of aromatic nitrogens is 1. The number of para-hydroxylation sites is 1. The third-order valence-corrected chi connectivity index (χ3v) is 4.74. The van der Waals surface area contributed by atoms with Crippen LogP contribution in [0.2, 0.25) is 0 Å². The predicted octanol–water partition coefficient (Wildman–Crippen LogP) is 3.53. The number of β-lactam (4-membered cyclic amide) rings is 1. The molecule has 1 aliphatic heterocycles. The van der Waals surface area contributed by atoms with Crippen molar-refractivity contribution in [3.05, 3.63) is 36.5 Å². The summed E-state index contributed by atoms with van der Waals surface area (Å²) in [6.45, 7) is 0.